The van der Waals surface area contributed by atoms with Crippen LogP contribution in [0.5, 0.6) is 0 Å². The van der Waals surface area contributed by atoms with Crippen LogP contribution in [0.15, 0.2) is 85.5 Å². The lowest BCUT2D eigenvalue weighted by Gasteiger charge is -2.24. The molecule has 0 fully saturated rings. The maximum atomic E-state index is 2.49. The summed E-state index contributed by atoms with van der Waals surface area (Å²) in [7, 11) is 2.29. The highest BCUT2D eigenvalue weighted by molar-refractivity contribution is 5.43. The molecule has 2 aromatic rings. The summed E-state index contributed by atoms with van der Waals surface area (Å²) in [5, 5.41) is 0. The summed E-state index contributed by atoms with van der Waals surface area (Å²) < 4.78 is 6.65. The van der Waals surface area contributed by atoms with Gasteiger partial charge in [-0.25, -0.2) is 8.97 Å². The van der Waals surface area contributed by atoms with Crippen LogP contribution in [-0.4, -0.2) is 57.5 Å². The zero-order valence-corrected chi connectivity index (χ0v) is 23.9. The zero-order chi connectivity index (χ0) is 26.5. The average Bonchev–Trinajstić information content (AvgIpc) is 3.50. The molecule has 0 radical (unpaired) electrons. The second kappa shape index (κ2) is 14.4. The van der Waals surface area contributed by atoms with E-state index in [-0.39, 0.29) is 0 Å². The monoisotopic (exact) mass is 514 g/mol. The highest BCUT2D eigenvalue weighted by atomic mass is 15.4. The molecule has 2 atom stereocenters. The second-order valence-corrected chi connectivity index (χ2v) is 11.6. The lowest BCUT2D eigenvalue weighted by molar-refractivity contribution is -0.804. The number of quaternary nitrogens is 2. The molecule has 4 rings (SSSR count). The molecule has 2 heterocycles. The summed E-state index contributed by atoms with van der Waals surface area (Å²) in [6.45, 7) is 7.79. The molecule has 2 aliphatic heterocycles. The molecule has 2 aliphatic rings. The molecule has 0 aliphatic carbocycles. The molecule has 0 saturated carbocycles. The highest BCUT2D eigenvalue weighted by Crippen LogP contribution is 2.20. The lowest BCUT2D eigenvalue weighted by Crippen LogP contribution is -2.41. The van der Waals surface area contributed by atoms with Crippen LogP contribution >= 0.6 is 0 Å². The van der Waals surface area contributed by atoms with Gasteiger partial charge in [0, 0.05) is 24.0 Å². The van der Waals surface area contributed by atoms with E-state index in [0.717, 1.165) is 35.1 Å². The fraction of sp³-hybridized carbons (Fsp3) is 0.471. The Bertz CT molecular complexity index is 1100. The molecule has 0 aromatic heterocycles. The molecule has 0 spiro atoms. The maximum Gasteiger partial charge on any atom is 0.337 e. The van der Waals surface area contributed by atoms with Crippen LogP contribution < -0.4 is 0 Å². The molecule has 2 unspecified atom stereocenters. The number of hydrogen-bond acceptors (Lipinski definition) is 0. The molecule has 0 saturated heterocycles. The van der Waals surface area contributed by atoms with Gasteiger partial charge in [-0.2, -0.15) is 9.15 Å². The Balaban J connectivity index is 1.22. The summed E-state index contributed by atoms with van der Waals surface area (Å²) in [5.74, 6) is 0. The van der Waals surface area contributed by atoms with Crippen LogP contribution in [0.1, 0.15) is 75.8 Å². The number of benzene rings is 2. The molecule has 0 N–H and O–H groups in total. The zero-order valence-electron chi connectivity index (χ0n) is 23.9. The number of nitrogens with zero attached hydrogens (tertiary/aromatic N) is 4. The van der Waals surface area contributed by atoms with Gasteiger partial charge in [0.1, 0.15) is 13.1 Å². The fourth-order valence-corrected chi connectivity index (χ4v) is 5.76. The van der Waals surface area contributed by atoms with Crippen LogP contribution in [0, 0.1) is 0 Å². The van der Waals surface area contributed by atoms with Crippen molar-refractivity contribution in [3.8, 4) is 0 Å². The van der Waals surface area contributed by atoms with Gasteiger partial charge in [0.25, 0.3) is 0 Å². The Morgan fingerprint density at radius 3 is 1.79 bits per heavy atom. The van der Waals surface area contributed by atoms with Crippen molar-refractivity contribution in [2.75, 3.05) is 26.7 Å². The minimum absolute atomic E-state index is 0.848. The van der Waals surface area contributed by atoms with Crippen molar-refractivity contribution in [3.05, 3.63) is 96.6 Å². The number of rotatable bonds is 17. The van der Waals surface area contributed by atoms with E-state index >= 15 is 0 Å². The average molecular weight is 515 g/mol. The lowest BCUT2D eigenvalue weighted by atomic mass is 10.1. The Labute approximate surface area is 231 Å². The Kier molecular flexibility index (Phi) is 10.7. The van der Waals surface area contributed by atoms with Gasteiger partial charge < -0.3 is 0 Å². The predicted molar refractivity (Wildman–Crippen MR) is 159 cm³/mol. The molecular weight excluding hydrogens is 464 g/mol. The third kappa shape index (κ3) is 8.89. The maximum absolute atomic E-state index is 2.49. The van der Waals surface area contributed by atoms with E-state index in [0.29, 0.717) is 0 Å². The number of hydrogen-bond donors (Lipinski definition) is 0. The van der Waals surface area contributed by atoms with Gasteiger partial charge in [-0.05, 0) is 25.7 Å². The van der Waals surface area contributed by atoms with Crippen LogP contribution in [0.2, 0.25) is 0 Å². The second-order valence-electron chi connectivity index (χ2n) is 11.6. The van der Waals surface area contributed by atoms with E-state index in [1.807, 2.05) is 0 Å². The van der Waals surface area contributed by atoms with E-state index in [1.54, 1.807) is 0 Å². The van der Waals surface area contributed by atoms with Gasteiger partial charge in [-0.3, -0.25) is 0 Å². The Morgan fingerprint density at radius 2 is 1.13 bits per heavy atom. The molecular formula is C34H50N4+4. The van der Waals surface area contributed by atoms with Crippen molar-refractivity contribution >= 4 is 12.7 Å². The third-order valence-corrected chi connectivity index (χ3v) is 7.89. The molecule has 38 heavy (non-hydrogen) atoms. The highest BCUT2D eigenvalue weighted by Gasteiger charge is 2.33. The first-order chi connectivity index (χ1) is 18.6. The van der Waals surface area contributed by atoms with Crippen molar-refractivity contribution in [3.63, 3.8) is 0 Å². The first-order valence-corrected chi connectivity index (χ1v) is 15.0. The quantitative estimate of drug-likeness (QED) is 0.119. The number of unbranched alkanes of at least 4 members (excludes halogenated alkanes) is 7. The normalized spacial score (nSPS) is 22.2. The summed E-state index contributed by atoms with van der Waals surface area (Å²) in [6.07, 6.45) is 26.0. The van der Waals surface area contributed by atoms with Crippen LogP contribution in [0.4, 0.5) is 0 Å². The van der Waals surface area contributed by atoms with Gasteiger partial charge in [0.05, 0.1) is 13.6 Å². The van der Waals surface area contributed by atoms with Gasteiger partial charge in [0.2, 0.25) is 12.4 Å². The topological polar surface area (TPSA) is 6.02 Å². The van der Waals surface area contributed by atoms with E-state index < -0.39 is 0 Å². The van der Waals surface area contributed by atoms with E-state index in [9.17, 15) is 0 Å². The summed E-state index contributed by atoms with van der Waals surface area (Å²) in [6, 6.07) is 21.8. The third-order valence-electron chi connectivity index (χ3n) is 7.89. The molecule has 4 nitrogen and oxygen atoms in total. The Morgan fingerprint density at radius 1 is 0.579 bits per heavy atom. The van der Waals surface area contributed by atoms with Gasteiger partial charge in [0.15, 0.2) is 25.5 Å². The molecule has 4 heteroatoms. The largest absolute Gasteiger partial charge is 0.337 e. The molecule has 2 aromatic carbocycles. The van der Waals surface area contributed by atoms with Crippen LogP contribution in [0.25, 0.3) is 0 Å². The SMILES string of the molecule is CCCCCCC[N+]1=C[N+](CCCCCC[N+]2=C[N+](C)(Cc3ccccc3)C=C2)(Cc2ccccc2)C=C1. The predicted octanol–water partition coefficient (Wildman–Crippen LogP) is 7.23. The molecule has 0 bridgehead atoms. The first-order valence-electron chi connectivity index (χ1n) is 15.0. The Hall–Kier alpha value is -2.82. The summed E-state index contributed by atoms with van der Waals surface area (Å²) in [5.41, 5.74) is 2.80. The van der Waals surface area contributed by atoms with Crippen molar-refractivity contribution in [2.45, 2.75) is 77.8 Å². The van der Waals surface area contributed by atoms with Gasteiger partial charge in [-0.1, -0.05) is 86.8 Å². The van der Waals surface area contributed by atoms with Gasteiger partial charge >= 0.3 is 12.7 Å². The van der Waals surface area contributed by atoms with Gasteiger partial charge in [-0.15, -0.1) is 0 Å². The van der Waals surface area contributed by atoms with E-state index in [2.05, 4.69) is 121 Å². The van der Waals surface area contributed by atoms with Crippen molar-refractivity contribution in [1.82, 2.24) is 0 Å². The molecule has 202 valence electrons. The van der Waals surface area contributed by atoms with E-state index in [4.69, 9.17) is 0 Å². The van der Waals surface area contributed by atoms with Crippen molar-refractivity contribution in [2.24, 2.45) is 0 Å². The minimum Gasteiger partial charge on any atom is -0.210 e. The van der Waals surface area contributed by atoms with Crippen LogP contribution in [-0.2, 0) is 13.1 Å². The van der Waals surface area contributed by atoms with E-state index in [1.165, 1.54) is 75.5 Å². The first kappa shape index (κ1) is 28.2. The minimum atomic E-state index is 0.848. The van der Waals surface area contributed by atoms with Crippen molar-refractivity contribution < 1.29 is 18.1 Å². The molecule has 0 amide bonds. The standard InChI is InChI=1S/C34H50N4/c1-3-4-5-6-15-23-36-25-28-38(32-36,30-34-20-13-10-14-21-34)26-17-8-7-16-22-35-24-27-37(2,31-35)29-33-18-11-9-12-19-33/h9-14,18-21,24-25,27-28,31-32H,3-8,15-17,22-23,26,29-30H2,1-2H3/q+4. The summed E-state index contributed by atoms with van der Waals surface area (Å²) >= 11 is 0. The van der Waals surface area contributed by atoms with Crippen LogP contribution in [0.3, 0.4) is 0 Å². The summed E-state index contributed by atoms with van der Waals surface area (Å²) in [4.78, 5) is 0. The van der Waals surface area contributed by atoms with Crippen molar-refractivity contribution in [1.29, 1.82) is 0 Å². The smallest absolute Gasteiger partial charge is 0.210 e. The fourth-order valence-electron chi connectivity index (χ4n) is 5.76.